The lowest BCUT2D eigenvalue weighted by atomic mass is 10.0. The maximum atomic E-state index is 14.2. The Kier molecular flexibility index (Phi) is 9.64. The van der Waals surface area contributed by atoms with Gasteiger partial charge in [-0.05, 0) is 76.1 Å². The topological polar surface area (TPSA) is 105 Å². The van der Waals surface area contributed by atoms with Crippen LogP contribution in [0.2, 0.25) is 0 Å². The first-order valence-electron chi connectivity index (χ1n) is 14.1. The van der Waals surface area contributed by atoms with Crippen molar-refractivity contribution in [3.05, 3.63) is 83.7 Å². The fraction of sp³-hybridized carbons (Fsp3) is 0.375. The van der Waals surface area contributed by atoms with Crippen LogP contribution in [0, 0.1) is 12.7 Å². The van der Waals surface area contributed by atoms with Crippen molar-refractivity contribution in [2.45, 2.75) is 64.1 Å². The fourth-order valence-corrected chi connectivity index (χ4v) is 6.26. The number of nitrogens with zero attached hydrogens (tertiary/aromatic N) is 2. The van der Waals surface area contributed by atoms with Crippen LogP contribution in [-0.2, 0) is 26.2 Å². The van der Waals surface area contributed by atoms with Crippen molar-refractivity contribution in [1.29, 1.82) is 0 Å². The van der Waals surface area contributed by atoms with Gasteiger partial charge in [0.15, 0.2) is 11.5 Å². The Hall–Kier alpha value is -4.12. The second kappa shape index (κ2) is 13.0. The number of anilines is 1. The Morgan fingerprint density at radius 1 is 0.977 bits per heavy atom. The predicted octanol–water partition coefficient (Wildman–Crippen LogP) is 4.82. The summed E-state index contributed by atoms with van der Waals surface area (Å²) in [6.07, 6.45) is 0.297. The molecule has 1 heterocycles. The van der Waals surface area contributed by atoms with Crippen molar-refractivity contribution in [2.24, 2.45) is 0 Å². The molecular weight excluding hydrogens is 573 g/mol. The van der Waals surface area contributed by atoms with E-state index in [0.717, 1.165) is 27.6 Å². The SMILES string of the molecule is CC[C@@H](C(=O)NC(C)(C)C)N(Cc1cccc(C)c1)C(=O)CN(c1ccc(F)cc1)S(=O)(=O)c1ccc2c(c1)OCCO2. The van der Waals surface area contributed by atoms with Crippen LogP contribution < -0.4 is 19.1 Å². The first-order chi connectivity index (χ1) is 20.3. The van der Waals surface area contributed by atoms with Gasteiger partial charge in [0.1, 0.15) is 31.6 Å². The largest absolute Gasteiger partial charge is 0.486 e. The molecule has 1 atom stereocenters. The average Bonchev–Trinajstić information content (AvgIpc) is 2.95. The summed E-state index contributed by atoms with van der Waals surface area (Å²) in [6, 6.07) is 15.8. The third-order valence-corrected chi connectivity index (χ3v) is 8.58. The van der Waals surface area contributed by atoms with Gasteiger partial charge in [0.25, 0.3) is 10.0 Å². The minimum absolute atomic E-state index is 0.0813. The summed E-state index contributed by atoms with van der Waals surface area (Å²) in [7, 11) is -4.36. The van der Waals surface area contributed by atoms with E-state index in [1.54, 1.807) is 6.92 Å². The van der Waals surface area contributed by atoms with E-state index in [2.05, 4.69) is 5.32 Å². The molecule has 2 amide bonds. The number of sulfonamides is 1. The Morgan fingerprint density at radius 2 is 1.65 bits per heavy atom. The molecule has 0 saturated carbocycles. The number of benzene rings is 3. The molecule has 1 aliphatic rings. The lowest BCUT2D eigenvalue weighted by Gasteiger charge is -2.35. The van der Waals surface area contributed by atoms with E-state index in [-0.39, 0.29) is 35.4 Å². The number of ether oxygens (including phenoxy) is 2. The molecule has 11 heteroatoms. The average molecular weight is 612 g/mol. The molecule has 230 valence electrons. The van der Waals surface area contributed by atoms with Crippen LogP contribution in [0.15, 0.2) is 71.6 Å². The van der Waals surface area contributed by atoms with E-state index >= 15 is 0 Å². The van der Waals surface area contributed by atoms with Gasteiger partial charge in [-0.1, -0.05) is 36.8 Å². The molecule has 0 bridgehead atoms. The minimum atomic E-state index is -4.36. The van der Waals surface area contributed by atoms with Gasteiger partial charge >= 0.3 is 0 Å². The molecular formula is C32H38FN3O6S. The zero-order valence-electron chi connectivity index (χ0n) is 25.1. The molecule has 4 rings (SSSR count). The van der Waals surface area contributed by atoms with Gasteiger partial charge in [-0.2, -0.15) is 0 Å². The second-order valence-corrected chi connectivity index (χ2v) is 13.3. The Labute approximate surface area is 252 Å². The van der Waals surface area contributed by atoms with Gasteiger partial charge in [0.05, 0.1) is 10.6 Å². The van der Waals surface area contributed by atoms with Crippen LogP contribution in [0.4, 0.5) is 10.1 Å². The summed E-state index contributed by atoms with van der Waals surface area (Å²) in [5.41, 5.74) is 1.31. The number of hydrogen-bond donors (Lipinski definition) is 1. The van der Waals surface area contributed by atoms with Gasteiger partial charge in [0.2, 0.25) is 11.8 Å². The van der Waals surface area contributed by atoms with E-state index in [1.807, 2.05) is 52.0 Å². The normalized spacial score (nSPS) is 13.6. The zero-order valence-corrected chi connectivity index (χ0v) is 25.9. The van der Waals surface area contributed by atoms with Gasteiger partial charge in [-0.25, -0.2) is 12.8 Å². The summed E-state index contributed by atoms with van der Waals surface area (Å²) >= 11 is 0. The molecule has 1 N–H and O–H groups in total. The molecule has 1 aliphatic heterocycles. The van der Waals surface area contributed by atoms with Crippen molar-refractivity contribution >= 4 is 27.5 Å². The van der Waals surface area contributed by atoms with Gasteiger partial charge < -0.3 is 19.7 Å². The fourth-order valence-electron chi connectivity index (χ4n) is 4.83. The van der Waals surface area contributed by atoms with Crippen molar-refractivity contribution in [2.75, 3.05) is 24.1 Å². The molecule has 0 radical (unpaired) electrons. The highest BCUT2D eigenvalue weighted by Gasteiger charge is 2.35. The quantitative estimate of drug-likeness (QED) is 0.353. The lowest BCUT2D eigenvalue weighted by molar-refractivity contribution is -0.141. The number of aryl methyl sites for hydroxylation is 1. The third kappa shape index (κ3) is 7.84. The summed E-state index contributed by atoms with van der Waals surface area (Å²) in [5, 5.41) is 2.95. The van der Waals surface area contributed by atoms with Crippen LogP contribution in [0.25, 0.3) is 0 Å². The van der Waals surface area contributed by atoms with Gasteiger partial charge in [0, 0.05) is 18.2 Å². The van der Waals surface area contributed by atoms with Crippen LogP contribution in [-0.4, -0.2) is 56.5 Å². The molecule has 43 heavy (non-hydrogen) atoms. The molecule has 3 aromatic rings. The Bertz CT molecular complexity index is 1570. The smallest absolute Gasteiger partial charge is 0.264 e. The van der Waals surface area contributed by atoms with Crippen LogP contribution in [0.3, 0.4) is 0 Å². The van der Waals surface area contributed by atoms with Crippen molar-refractivity contribution in [1.82, 2.24) is 10.2 Å². The van der Waals surface area contributed by atoms with Crippen LogP contribution in [0.1, 0.15) is 45.2 Å². The second-order valence-electron chi connectivity index (χ2n) is 11.5. The lowest BCUT2D eigenvalue weighted by Crippen LogP contribution is -2.55. The highest BCUT2D eigenvalue weighted by Crippen LogP contribution is 2.34. The molecule has 0 aliphatic carbocycles. The molecule has 3 aromatic carbocycles. The van der Waals surface area contributed by atoms with E-state index in [1.165, 1.54) is 35.2 Å². The molecule has 0 aromatic heterocycles. The zero-order chi connectivity index (χ0) is 31.4. The summed E-state index contributed by atoms with van der Waals surface area (Å²) < 4.78 is 54.2. The van der Waals surface area contributed by atoms with Crippen molar-refractivity contribution in [3.63, 3.8) is 0 Å². The minimum Gasteiger partial charge on any atom is -0.486 e. The predicted molar refractivity (Wildman–Crippen MR) is 162 cm³/mol. The summed E-state index contributed by atoms with van der Waals surface area (Å²) in [6.45, 7) is 9.32. The molecule has 0 fully saturated rings. The Balaban J connectivity index is 1.75. The van der Waals surface area contributed by atoms with E-state index in [4.69, 9.17) is 9.47 Å². The maximum Gasteiger partial charge on any atom is 0.264 e. The molecule has 0 spiro atoms. The molecule has 0 unspecified atom stereocenters. The third-order valence-electron chi connectivity index (χ3n) is 6.81. The number of halogens is 1. The first kappa shape index (κ1) is 31.8. The molecule has 0 saturated heterocycles. The number of nitrogens with one attached hydrogen (secondary N) is 1. The highest BCUT2D eigenvalue weighted by atomic mass is 32.2. The van der Waals surface area contributed by atoms with E-state index < -0.39 is 39.9 Å². The summed E-state index contributed by atoms with van der Waals surface area (Å²) in [5.74, 6) is -0.821. The maximum absolute atomic E-state index is 14.2. The standard InChI is InChI=1S/C32H38FN3O6S/c1-6-27(31(38)34-32(3,4)5)35(20-23-9-7-8-22(2)18-23)30(37)21-36(25-12-10-24(33)11-13-25)43(39,40)26-14-15-28-29(19-26)42-17-16-41-28/h7-15,18-19,27H,6,16-17,20-21H2,1-5H3,(H,34,38)/t27-/m0/s1. The summed E-state index contributed by atoms with van der Waals surface area (Å²) in [4.78, 5) is 28.9. The monoisotopic (exact) mass is 611 g/mol. The number of hydrogen-bond acceptors (Lipinski definition) is 6. The van der Waals surface area contributed by atoms with Gasteiger partial charge in [-0.15, -0.1) is 0 Å². The van der Waals surface area contributed by atoms with E-state index in [0.29, 0.717) is 18.8 Å². The van der Waals surface area contributed by atoms with Gasteiger partial charge in [-0.3, -0.25) is 13.9 Å². The number of amides is 2. The van der Waals surface area contributed by atoms with Crippen LogP contribution in [0.5, 0.6) is 11.5 Å². The highest BCUT2D eigenvalue weighted by molar-refractivity contribution is 7.92. The number of rotatable bonds is 10. The van der Waals surface area contributed by atoms with E-state index in [9.17, 15) is 22.4 Å². The number of carbonyl (C=O) groups is 2. The van der Waals surface area contributed by atoms with Crippen LogP contribution >= 0.6 is 0 Å². The number of carbonyl (C=O) groups excluding carboxylic acids is 2. The van der Waals surface area contributed by atoms with Crippen molar-refractivity contribution in [3.8, 4) is 11.5 Å². The molecule has 9 nitrogen and oxygen atoms in total. The number of fused-ring (bicyclic) bond motifs is 1. The van der Waals surface area contributed by atoms with Crippen molar-refractivity contribution < 1.29 is 31.9 Å². The Morgan fingerprint density at radius 3 is 2.28 bits per heavy atom. The first-order valence-corrected chi connectivity index (χ1v) is 15.6.